The molecule has 0 saturated carbocycles. The highest BCUT2D eigenvalue weighted by molar-refractivity contribution is 6.55. The summed E-state index contributed by atoms with van der Waals surface area (Å²) in [6.45, 7) is 0. The van der Waals surface area contributed by atoms with Gasteiger partial charge in [-0.3, -0.25) is 0 Å². The molecular formula is C10H16Cl5NO3. The van der Waals surface area contributed by atoms with Gasteiger partial charge in [-0.25, -0.2) is 0 Å². The minimum Gasteiger partial charge on any atom is -0.870 e. The van der Waals surface area contributed by atoms with E-state index in [0.717, 1.165) is 4.48 Å². The predicted octanol–water partition coefficient (Wildman–Crippen LogP) is 3.98. The third-order valence-corrected chi connectivity index (χ3v) is 3.44. The third-order valence-electron chi connectivity index (χ3n) is 1.19. The SMILES string of the molecule is C[N+](C)(C)C.O.Oc1c(Cl)c(Cl)c(Cl)c(Cl)c1Cl.[OH-]. The van der Waals surface area contributed by atoms with Gasteiger partial charge in [0.2, 0.25) is 0 Å². The van der Waals surface area contributed by atoms with E-state index in [-0.39, 0.29) is 41.8 Å². The van der Waals surface area contributed by atoms with Crippen LogP contribution >= 0.6 is 58.0 Å². The number of halogens is 5. The van der Waals surface area contributed by atoms with Gasteiger partial charge in [-0.2, -0.15) is 0 Å². The predicted molar refractivity (Wildman–Crippen MR) is 82.7 cm³/mol. The van der Waals surface area contributed by atoms with Crippen LogP contribution in [0.25, 0.3) is 0 Å². The standard InChI is InChI=1S/C6HCl5O.C4H12N.2H2O/c7-1-2(8)4(10)6(12)5(11)3(1)9;1-5(2,3)4;;/h12H;1-4H3;2*1H2/q;+1;;/p-1. The molecular weight excluding hydrogens is 359 g/mol. The Labute approximate surface area is 137 Å². The summed E-state index contributed by atoms with van der Waals surface area (Å²) in [7, 11) is 8.50. The Morgan fingerprint density at radius 1 is 0.684 bits per heavy atom. The van der Waals surface area contributed by atoms with Gasteiger partial charge in [0.05, 0.1) is 43.3 Å². The van der Waals surface area contributed by atoms with E-state index in [2.05, 4.69) is 28.2 Å². The molecule has 9 heteroatoms. The maximum absolute atomic E-state index is 9.20. The number of phenols is 1. The number of nitrogens with zero attached hydrogens (tertiary/aromatic N) is 1. The first kappa shape index (κ1) is 24.4. The van der Waals surface area contributed by atoms with E-state index in [1.807, 2.05) is 0 Å². The summed E-state index contributed by atoms with van der Waals surface area (Å²) in [6, 6.07) is 0. The number of hydrogen-bond donors (Lipinski definition) is 1. The van der Waals surface area contributed by atoms with Gasteiger partial charge in [-0.1, -0.05) is 58.0 Å². The van der Waals surface area contributed by atoms with Crippen molar-refractivity contribution in [3.63, 3.8) is 0 Å². The van der Waals surface area contributed by atoms with Crippen molar-refractivity contribution in [3.8, 4) is 5.75 Å². The fourth-order valence-corrected chi connectivity index (χ4v) is 1.72. The Bertz CT molecular complexity index is 310. The van der Waals surface area contributed by atoms with E-state index in [9.17, 15) is 5.11 Å². The number of quaternary nitrogens is 1. The number of phenolic OH excluding ortho intramolecular Hbond substituents is 1. The highest BCUT2D eigenvalue weighted by Crippen LogP contribution is 2.47. The molecule has 0 fully saturated rings. The van der Waals surface area contributed by atoms with Gasteiger partial charge < -0.3 is 20.5 Å². The van der Waals surface area contributed by atoms with Gasteiger partial charge in [-0.05, 0) is 0 Å². The van der Waals surface area contributed by atoms with E-state index in [1.165, 1.54) is 0 Å². The molecule has 1 rings (SSSR count). The largest absolute Gasteiger partial charge is 0.870 e. The summed E-state index contributed by atoms with van der Waals surface area (Å²) in [6.07, 6.45) is 0. The Balaban J connectivity index is -0.000000320. The molecule has 0 aliphatic carbocycles. The lowest BCUT2D eigenvalue weighted by Crippen LogP contribution is -2.27. The zero-order chi connectivity index (χ0) is 14.0. The first-order chi connectivity index (χ1) is 7.46. The molecule has 1 aromatic carbocycles. The molecule has 0 spiro atoms. The van der Waals surface area contributed by atoms with Crippen LogP contribution in [0, 0.1) is 0 Å². The second kappa shape index (κ2) is 9.32. The Kier molecular flexibility index (Phi) is 12.0. The molecule has 0 saturated heterocycles. The number of rotatable bonds is 0. The summed E-state index contributed by atoms with van der Waals surface area (Å²) in [5, 5.41) is 9.01. The number of benzene rings is 1. The summed E-state index contributed by atoms with van der Waals surface area (Å²) in [4.78, 5) is 0. The summed E-state index contributed by atoms with van der Waals surface area (Å²) < 4.78 is 1.00. The summed E-state index contributed by atoms with van der Waals surface area (Å²) >= 11 is 27.9. The van der Waals surface area contributed by atoms with Crippen molar-refractivity contribution in [1.82, 2.24) is 0 Å². The van der Waals surface area contributed by atoms with Gasteiger partial charge in [0, 0.05) is 0 Å². The van der Waals surface area contributed by atoms with Crippen molar-refractivity contribution in [2.24, 2.45) is 0 Å². The Morgan fingerprint density at radius 3 is 1.05 bits per heavy atom. The topological polar surface area (TPSA) is 81.7 Å². The summed E-state index contributed by atoms with van der Waals surface area (Å²) in [5.41, 5.74) is 0. The molecule has 0 bridgehead atoms. The molecule has 114 valence electrons. The van der Waals surface area contributed by atoms with Crippen LogP contribution in [0.5, 0.6) is 5.75 Å². The molecule has 0 aromatic heterocycles. The average molecular weight is 376 g/mol. The minimum atomic E-state index is -0.363. The number of aromatic hydroxyl groups is 1. The lowest BCUT2D eigenvalue weighted by molar-refractivity contribution is -0.849. The van der Waals surface area contributed by atoms with Crippen molar-refractivity contribution in [3.05, 3.63) is 25.1 Å². The lowest BCUT2D eigenvalue weighted by Gasteiger charge is -2.14. The average Bonchev–Trinajstić information content (AvgIpc) is 2.18. The number of hydrogen-bond acceptors (Lipinski definition) is 2. The van der Waals surface area contributed by atoms with Crippen LogP contribution in [0.15, 0.2) is 0 Å². The Morgan fingerprint density at radius 2 is 0.842 bits per heavy atom. The highest BCUT2D eigenvalue weighted by Gasteiger charge is 2.18. The van der Waals surface area contributed by atoms with Crippen LogP contribution in [0.3, 0.4) is 0 Å². The van der Waals surface area contributed by atoms with E-state index in [4.69, 9.17) is 58.0 Å². The first-order valence-electron chi connectivity index (χ1n) is 4.46. The van der Waals surface area contributed by atoms with Crippen molar-refractivity contribution < 1.29 is 20.5 Å². The molecule has 0 unspecified atom stereocenters. The van der Waals surface area contributed by atoms with Gasteiger partial charge >= 0.3 is 0 Å². The molecule has 0 heterocycles. The molecule has 0 atom stereocenters. The molecule has 4 N–H and O–H groups in total. The molecule has 1 aromatic rings. The normalized spacial score (nSPS) is 9.74. The molecule has 0 radical (unpaired) electrons. The van der Waals surface area contributed by atoms with E-state index >= 15 is 0 Å². The van der Waals surface area contributed by atoms with Crippen LogP contribution in [-0.2, 0) is 0 Å². The lowest BCUT2D eigenvalue weighted by atomic mass is 10.3. The second-order valence-electron chi connectivity index (χ2n) is 4.60. The maximum atomic E-state index is 9.20. The Hall–Kier alpha value is 0.350. The molecule has 19 heavy (non-hydrogen) atoms. The fourth-order valence-electron chi connectivity index (χ4n) is 0.593. The summed E-state index contributed by atoms with van der Waals surface area (Å²) in [5.74, 6) is -0.363. The highest BCUT2D eigenvalue weighted by atomic mass is 35.5. The first-order valence-corrected chi connectivity index (χ1v) is 6.35. The van der Waals surface area contributed by atoms with Crippen molar-refractivity contribution in [1.29, 1.82) is 0 Å². The molecule has 0 amide bonds. The second-order valence-corrected chi connectivity index (χ2v) is 6.49. The van der Waals surface area contributed by atoms with Crippen LogP contribution in [0.2, 0.25) is 25.1 Å². The van der Waals surface area contributed by atoms with E-state index < -0.39 is 0 Å². The van der Waals surface area contributed by atoms with E-state index in [0.29, 0.717) is 0 Å². The molecule has 0 aliphatic heterocycles. The fraction of sp³-hybridized carbons (Fsp3) is 0.400. The van der Waals surface area contributed by atoms with Crippen molar-refractivity contribution in [2.45, 2.75) is 0 Å². The smallest absolute Gasteiger partial charge is 0.155 e. The monoisotopic (exact) mass is 373 g/mol. The molecule has 4 nitrogen and oxygen atoms in total. The molecule has 0 aliphatic rings. The van der Waals surface area contributed by atoms with Gasteiger partial charge in [0.15, 0.2) is 5.75 Å². The third kappa shape index (κ3) is 8.27. The minimum absolute atomic E-state index is 0. The van der Waals surface area contributed by atoms with Crippen molar-refractivity contribution in [2.75, 3.05) is 28.2 Å². The quantitative estimate of drug-likeness (QED) is 0.423. The van der Waals surface area contributed by atoms with Crippen LogP contribution < -0.4 is 0 Å². The van der Waals surface area contributed by atoms with E-state index in [1.54, 1.807) is 0 Å². The van der Waals surface area contributed by atoms with Crippen molar-refractivity contribution >= 4 is 58.0 Å². The zero-order valence-electron chi connectivity index (χ0n) is 10.7. The van der Waals surface area contributed by atoms with Gasteiger partial charge in [0.1, 0.15) is 10.0 Å². The van der Waals surface area contributed by atoms with Gasteiger partial charge in [0.25, 0.3) is 0 Å². The van der Waals surface area contributed by atoms with Crippen LogP contribution in [0.1, 0.15) is 0 Å². The van der Waals surface area contributed by atoms with Crippen LogP contribution in [-0.4, -0.2) is 48.7 Å². The van der Waals surface area contributed by atoms with Crippen LogP contribution in [0.4, 0.5) is 0 Å². The maximum Gasteiger partial charge on any atom is 0.155 e. The zero-order valence-corrected chi connectivity index (χ0v) is 14.5. The van der Waals surface area contributed by atoms with Gasteiger partial charge in [-0.15, -0.1) is 0 Å².